The van der Waals surface area contributed by atoms with Gasteiger partial charge in [-0.2, -0.15) is 0 Å². The second kappa shape index (κ2) is 10.0. The average Bonchev–Trinajstić information content (AvgIpc) is 3.12. The Hall–Kier alpha value is -1.74. The zero-order valence-electron chi connectivity index (χ0n) is 17.3. The summed E-state index contributed by atoms with van der Waals surface area (Å²) in [5, 5.41) is 0.865. The van der Waals surface area contributed by atoms with E-state index in [0.717, 1.165) is 59.4 Å². The molecule has 1 aliphatic rings. The van der Waals surface area contributed by atoms with Crippen LogP contribution in [0.2, 0.25) is 0 Å². The molecule has 4 rings (SSSR count). The highest BCUT2D eigenvalue weighted by atomic mass is 79.9. The van der Waals surface area contributed by atoms with Gasteiger partial charge >= 0.3 is 0 Å². The Morgan fingerprint density at radius 2 is 1.87 bits per heavy atom. The van der Waals surface area contributed by atoms with E-state index in [1.54, 1.807) is 6.07 Å². The average molecular weight is 495 g/mol. The zero-order valence-corrected chi connectivity index (χ0v) is 19.8. The number of aromatic nitrogens is 1. The largest absolute Gasteiger partial charge is 0.489 e. The van der Waals surface area contributed by atoms with Crippen LogP contribution in [0.25, 0.3) is 10.2 Å². The van der Waals surface area contributed by atoms with Crippen LogP contribution in [0.5, 0.6) is 5.75 Å². The van der Waals surface area contributed by atoms with Crippen molar-refractivity contribution in [2.24, 2.45) is 5.73 Å². The van der Waals surface area contributed by atoms with E-state index >= 15 is 0 Å². The molecule has 2 aromatic carbocycles. The van der Waals surface area contributed by atoms with Crippen LogP contribution in [0.15, 0.2) is 42.5 Å². The van der Waals surface area contributed by atoms with Gasteiger partial charge in [0.05, 0.1) is 28.0 Å². The van der Waals surface area contributed by atoms with Crippen molar-refractivity contribution < 1.29 is 9.13 Å². The summed E-state index contributed by atoms with van der Waals surface area (Å²) < 4.78 is 20.2. The molecular formula is C22H28BrFN4OS. The number of nitrogens with two attached hydrogens (primary N) is 1. The SMILES string of the molecule is Br.CC(C)Oc1ccccc1N1CCN(CC(N)c2nc3ccc(F)cc3s2)CC1. The minimum Gasteiger partial charge on any atom is -0.489 e. The van der Waals surface area contributed by atoms with Crippen LogP contribution in [0.4, 0.5) is 10.1 Å². The van der Waals surface area contributed by atoms with Crippen molar-refractivity contribution >= 4 is 44.2 Å². The molecule has 162 valence electrons. The van der Waals surface area contributed by atoms with E-state index in [1.807, 2.05) is 26.0 Å². The van der Waals surface area contributed by atoms with Crippen LogP contribution < -0.4 is 15.4 Å². The number of hydrogen-bond donors (Lipinski definition) is 1. The summed E-state index contributed by atoms with van der Waals surface area (Å²) >= 11 is 1.48. The topological polar surface area (TPSA) is 54.6 Å². The van der Waals surface area contributed by atoms with E-state index in [1.165, 1.54) is 23.5 Å². The third-order valence-electron chi connectivity index (χ3n) is 5.08. The number of thiazole rings is 1. The predicted octanol–water partition coefficient (Wildman–Crippen LogP) is 4.62. The lowest BCUT2D eigenvalue weighted by atomic mass is 10.2. The zero-order chi connectivity index (χ0) is 20.4. The Morgan fingerprint density at radius 3 is 2.60 bits per heavy atom. The van der Waals surface area contributed by atoms with Gasteiger partial charge in [-0.3, -0.25) is 4.90 Å². The lowest BCUT2D eigenvalue weighted by molar-refractivity contribution is 0.233. The number of hydrogen-bond acceptors (Lipinski definition) is 6. The number of rotatable bonds is 6. The van der Waals surface area contributed by atoms with Crippen LogP contribution in [-0.4, -0.2) is 48.7 Å². The van der Waals surface area contributed by atoms with E-state index < -0.39 is 0 Å². The molecule has 5 nitrogen and oxygen atoms in total. The maximum Gasteiger partial charge on any atom is 0.142 e. The molecule has 0 bridgehead atoms. The van der Waals surface area contributed by atoms with Gasteiger partial charge in [0.1, 0.15) is 16.6 Å². The number of piperazine rings is 1. The van der Waals surface area contributed by atoms with Gasteiger partial charge in [-0.05, 0) is 44.2 Å². The number of ether oxygens (including phenoxy) is 1. The van der Waals surface area contributed by atoms with Crippen molar-refractivity contribution in [3.63, 3.8) is 0 Å². The first-order valence-corrected chi connectivity index (χ1v) is 10.9. The van der Waals surface area contributed by atoms with Gasteiger partial charge in [-0.15, -0.1) is 28.3 Å². The lowest BCUT2D eigenvalue weighted by Crippen LogP contribution is -2.48. The predicted molar refractivity (Wildman–Crippen MR) is 128 cm³/mol. The number of fused-ring (bicyclic) bond motifs is 1. The fourth-order valence-corrected chi connectivity index (χ4v) is 4.66. The molecule has 8 heteroatoms. The molecule has 1 fully saturated rings. The van der Waals surface area contributed by atoms with E-state index in [0.29, 0.717) is 0 Å². The Bertz CT molecular complexity index is 975. The summed E-state index contributed by atoms with van der Waals surface area (Å²) in [6.07, 6.45) is 0.151. The molecule has 2 N–H and O–H groups in total. The van der Waals surface area contributed by atoms with Crippen LogP contribution in [0.3, 0.4) is 0 Å². The van der Waals surface area contributed by atoms with Crippen LogP contribution in [0.1, 0.15) is 24.9 Å². The van der Waals surface area contributed by atoms with Crippen LogP contribution >= 0.6 is 28.3 Å². The molecule has 30 heavy (non-hydrogen) atoms. The molecule has 1 atom stereocenters. The maximum absolute atomic E-state index is 13.4. The first kappa shape index (κ1) is 22.9. The van der Waals surface area contributed by atoms with Crippen molar-refractivity contribution in [2.75, 3.05) is 37.6 Å². The molecule has 0 spiro atoms. The molecule has 3 aromatic rings. The minimum atomic E-state index is -0.237. The van der Waals surface area contributed by atoms with E-state index in [4.69, 9.17) is 10.5 Å². The summed E-state index contributed by atoms with van der Waals surface area (Å²) in [6.45, 7) is 8.57. The van der Waals surface area contributed by atoms with E-state index in [9.17, 15) is 4.39 Å². The van der Waals surface area contributed by atoms with Gasteiger partial charge in [-0.25, -0.2) is 9.37 Å². The Kier molecular flexibility index (Phi) is 7.68. The maximum atomic E-state index is 13.4. The smallest absolute Gasteiger partial charge is 0.142 e. The second-order valence-corrected chi connectivity index (χ2v) is 8.75. The van der Waals surface area contributed by atoms with Crippen molar-refractivity contribution in [3.8, 4) is 5.75 Å². The number of nitrogens with zero attached hydrogens (tertiary/aromatic N) is 3. The van der Waals surface area contributed by atoms with Gasteiger partial charge in [0.15, 0.2) is 0 Å². The summed E-state index contributed by atoms with van der Waals surface area (Å²) in [5.74, 6) is 0.702. The van der Waals surface area contributed by atoms with Crippen molar-refractivity contribution in [1.29, 1.82) is 0 Å². The Labute approximate surface area is 191 Å². The first-order chi connectivity index (χ1) is 14.0. The molecule has 0 radical (unpaired) electrons. The molecule has 1 unspecified atom stereocenters. The molecule has 1 saturated heterocycles. The summed E-state index contributed by atoms with van der Waals surface area (Å²) in [4.78, 5) is 9.34. The second-order valence-electron chi connectivity index (χ2n) is 7.69. The summed E-state index contributed by atoms with van der Waals surface area (Å²) in [5.41, 5.74) is 8.40. The number of halogens is 2. The normalized spacial score (nSPS) is 16.0. The Balaban J connectivity index is 0.00000256. The van der Waals surface area contributed by atoms with Gasteiger partial charge in [0.25, 0.3) is 0 Å². The van der Waals surface area contributed by atoms with E-state index in [-0.39, 0.29) is 34.9 Å². The highest BCUT2D eigenvalue weighted by Crippen LogP contribution is 2.30. The van der Waals surface area contributed by atoms with E-state index in [2.05, 4.69) is 26.9 Å². The summed E-state index contributed by atoms with van der Waals surface area (Å²) in [7, 11) is 0. The summed E-state index contributed by atoms with van der Waals surface area (Å²) in [6, 6.07) is 12.7. The van der Waals surface area contributed by atoms with Gasteiger partial charge in [0, 0.05) is 32.7 Å². The van der Waals surface area contributed by atoms with Gasteiger partial charge in [0.2, 0.25) is 0 Å². The first-order valence-electron chi connectivity index (χ1n) is 10.0. The molecule has 0 saturated carbocycles. The van der Waals surface area contributed by atoms with Crippen LogP contribution in [0, 0.1) is 5.82 Å². The fraction of sp³-hybridized carbons (Fsp3) is 0.409. The Morgan fingerprint density at radius 1 is 1.13 bits per heavy atom. The standard InChI is InChI=1S/C22H27FN4OS.BrH/c1-15(2)28-20-6-4-3-5-19(20)27-11-9-26(10-12-27)14-17(24)22-25-18-8-7-16(23)13-21(18)29-22;/h3-8,13,15,17H,9-12,14,24H2,1-2H3;1H. The van der Waals surface area contributed by atoms with Crippen molar-refractivity contribution in [1.82, 2.24) is 9.88 Å². The quantitative estimate of drug-likeness (QED) is 0.541. The van der Waals surface area contributed by atoms with Gasteiger partial charge in [-0.1, -0.05) is 12.1 Å². The minimum absolute atomic E-state index is 0. The fourth-order valence-electron chi connectivity index (χ4n) is 3.67. The van der Waals surface area contributed by atoms with Crippen LogP contribution in [-0.2, 0) is 0 Å². The van der Waals surface area contributed by atoms with Crippen molar-refractivity contribution in [3.05, 3.63) is 53.3 Å². The molecule has 1 aliphatic heterocycles. The number of anilines is 1. The molecule has 0 amide bonds. The molecule has 2 heterocycles. The number of para-hydroxylation sites is 2. The highest BCUT2D eigenvalue weighted by molar-refractivity contribution is 8.93. The lowest BCUT2D eigenvalue weighted by Gasteiger charge is -2.37. The third kappa shape index (κ3) is 5.29. The monoisotopic (exact) mass is 494 g/mol. The highest BCUT2D eigenvalue weighted by Gasteiger charge is 2.23. The molecule has 1 aromatic heterocycles. The number of benzene rings is 2. The van der Waals surface area contributed by atoms with Crippen molar-refractivity contribution in [2.45, 2.75) is 26.0 Å². The molecular weight excluding hydrogens is 467 g/mol. The molecule has 0 aliphatic carbocycles. The third-order valence-corrected chi connectivity index (χ3v) is 6.23. The van der Waals surface area contributed by atoms with Gasteiger partial charge < -0.3 is 15.4 Å².